The summed E-state index contributed by atoms with van der Waals surface area (Å²) in [4.78, 5) is 0. The fourth-order valence-corrected chi connectivity index (χ4v) is 1.54. The third kappa shape index (κ3) is 3.95. The Hall–Kier alpha value is -0.670. The first-order valence-corrected chi connectivity index (χ1v) is 6.11. The first-order valence-electron chi connectivity index (χ1n) is 6.11. The highest BCUT2D eigenvalue weighted by molar-refractivity contribution is 5.03. The summed E-state index contributed by atoms with van der Waals surface area (Å²) in [6.45, 7) is 1.74. The van der Waals surface area contributed by atoms with Crippen LogP contribution in [0, 0.1) is 0 Å². The van der Waals surface area contributed by atoms with E-state index >= 15 is 0 Å². The first kappa shape index (κ1) is 20.3. The van der Waals surface area contributed by atoms with Crippen LogP contribution in [0.25, 0.3) is 0 Å². The number of unbranched alkanes of at least 4 members (excludes halogenated alkanes) is 3. The largest absolute Gasteiger partial charge is 0.460 e. The van der Waals surface area contributed by atoms with E-state index in [1.54, 1.807) is 6.92 Å². The van der Waals surface area contributed by atoms with Gasteiger partial charge in [-0.2, -0.15) is 39.5 Å². The van der Waals surface area contributed by atoms with Crippen molar-refractivity contribution in [1.82, 2.24) is 0 Å². The van der Waals surface area contributed by atoms with E-state index < -0.39 is 36.5 Å². The summed E-state index contributed by atoms with van der Waals surface area (Å²) in [7, 11) is 0. The minimum atomic E-state index is -6.95. The minimum absolute atomic E-state index is 0.196. The molecular weight excluding hydrogens is 319 g/mol. The fraction of sp³-hybridized carbons (Fsp3) is 1.00. The zero-order valence-electron chi connectivity index (χ0n) is 11.0. The standard InChI is InChI=1S/C11H15F9O/c1-2-3-4-5-6-7(21)8(12,13)9(14,15)10(16,17)11(18,19)20/h7,21H,2-6H2,1H3. The van der Waals surface area contributed by atoms with E-state index in [0.717, 1.165) is 0 Å². The molecule has 0 amide bonds. The van der Waals surface area contributed by atoms with Crippen molar-refractivity contribution in [2.24, 2.45) is 0 Å². The van der Waals surface area contributed by atoms with Gasteiger partial charge in [-0.05, 0) is 6.42 Å². The predicted octanol–water partition coefficient (Wildman–Crippen LogP) is 4.79. The Bertz CT molecular complexity index is 324. The van der Waals surface area contributed by atoms with Crippen LogP contribution in [0.15, 0.2) is 0 Å². The van der Waals surface area contributed by atoms with Crippen molar-refractivity contribution in [3.63, 3.8) is 0 Å². The van der Waals surface area contributed by atoms with Crippen LogP contribution in [-0.2, 0) is 0 Å². The molecule has 0 aliphatic rings. The molecule has 0 radical (unpaired) electrons. The highest BCUT2D eigenvalue weighted by Crippen LogP contribution is 2.54. The zero-order chi connectivity index (χ0) is 17.1. The van der Waals surface area contributed by atoms with Gasteiger partial charge in [-0.15, -0.1) is 0 Å². The van der Waals surface area contributed by atoms with Gasteiger partial charge in [0.1, 0.15) is 6.10 Å². The van der Waals surface area contributed by atoms with Crippen LogP contribution in [0.2, 0.25) is 0 Å². The van der Waals surface area contributed by atoms with Gasteiger partial charge in [-0.25, -0.2) is 0 Å². The van der Waals surface area contributed by atoms with Gasteiger partial charge in [0.2, 0.25) is 0 Å². The van der Waals surface area contributed by atoms with Crippen molar-refractivity contribution in [3.05, 3.63) is 0 Å². The second-order valence-electron chi connectivity index (χ2n) is 4.63. The van der Waals surface area contributed by atoms with Gasteiger partial charge in [-0.1, -0.05) is 32.6 Å². The Morgan fingerprint density at radius 2 is 1.24 bits per heavy atom. The van der Waals surface area contributed by atoms with Crippen molar-refractivity contribution in [2.75, 3.05) is 0 Å². The molecule has 1 atom stereocenters. The van der Waals surface area contributed by atoms with Crippen molar-refractivity contribution in [3.8, 4) is 0 Å². The Morgan fingerprint density at radius 3 is 1.62 bits per heavy atom. The van der Waals surface area contributed by atoms with Crippen molar-refractivity contribution in [2.45, 2.75) is 69.1 Å². The summed E-state index contributed by atoms with van der Waals surface area (Å²) in [5.74, 6) is -19.6. The second kappa shape index (κ2) is 6.62. The van der Waals surface area contributed by atoms with Gasteiger partial charge in [0.15, 0.2) is 0 Å². The van der Waals surface area contributed by atoms with Gasteiger partial charge in [0, 0.05) is 0 Å². The van der Waals surface area contributed by atoms with Gasteiger partial charge in [-0.3, -0.25) is 0 Å². The van der Waals surface area contributed by atoms with Crippen molar-refractivity contribution >= 4 is 0 Å². The van der Waals surface area contributed by atoms with E-state index in [1.165, 1.54) is 0 Å². The molecule has 0 heterocycles. The molecule has 10 heteroatoms. The van der Waals surface area contributed by atoms with Crippen LogP contribution in [0.5, 0.6) is 0 Å². The Morgan fingerprint density at radius 1 is 0.762 bits per heavy atom. The topological polar surface area (TPSA) is 20.2 Å². The van der Waals surface area contributed by atoms with Gasteiger partial charge >= 0.3 is 23.9 Å². The molecular formula is C11H15F9O. The molecule has 0 rings (SSSR count). The molecule has 0 bridgehead atoms. The van der Waals surface area contributed by atoms with E-state index in [1.807, 2.05) is 0 Å². The average Bonchev–Trinajstić information content (AvgIpc) is 2.32. The lowest BCUT2D eigenvalue weighted by Crippen LogP contribution is -2.64. The van der Waals surface area contributed by atoms with Gasteiger partial charge in [0.25, 0.3) is 0 Å². The first-order chi connectivity index (χ1) is 9.23. The molecule has 1 unspecified atom stereocenters. The molecule has 0 aromatic rings. The number of aliphatic hydroxyl groups is 1. The van der Waals surface area contributed by atoms with Crippen LogP contribution >= 0.6 is 0 Å². The molecule has 0 spiro atoms. The molecule has 0 aromatic carbocycles. The molecule has 0 saturated heterocycles. The van der Waals surface area contributed by atoms with E-state index in [4.69, 9.17) is 5.11 Å². The fourth-order valence-electron chi connectivity index (χ4n) is 1.54. The molecule has 21 heavy (non-hydrogen) atoms. The summed E-state index contributed by atoms with van der Waals surface area (Å²) in [6.07, 6.45) is -9.93. The highest BCUT2D eigenvalue weighted by Gasteiger charge is 2.82. The maximum atomic E-state index is 13.2. The van der Waals surface area contributed by atoms with Crippen LogP contribution in [-0.4, -0.2) is 35.2 Å². The lowest BCUT2D eigenvalue weighted by Gasteiger charge is -2.35. The van der Waals surface area contributed by atoms with E-state index in [9.17, 15) is 39.5 Å². The molecule has 0 aliphatic carbocycles. The highest BCUT2D eigenvalue weighted by atomic mass is 19.4. The molecule has 1 N–H and O–H groups in total. The number of hydrogen-bond donors (Lipinski definition) is 1. The summed E-state index contributed by atoms with van der Waals surface area (Å²) in [5, 5.41) is 8.91. The second-order valence-corrected chi connectivity index (χ2v) is 4.63. The smallest absolute Gasteiger partial charge is 0.387 e. The zero-order valence-corrected chi connectivity index (χ0v) is 11.0. The van der Waals surface area contributed by atoms with Crippen LogP contribution in [0.4, 0.5) is 39.5 Å². The van der Waals surface area contributed by atoms with Crippen LogP contribution in [0.3, 0.4) is 0 Å². The maximum Gasteiger partial charge on any atom is 0.460 e. The summed E-state index contributed by atoms with van der Waals surface area (Å²) in [6, 6.07) is 0. The Labute approximate surface area is 115 Å². The lowest BCUT2D eigenvalue weighted by molar-refractivity contribution is -0.406. The third-order valence-corrected chi connectivity index (χ3v) is 2.92. The number of hydrogen-bond acceptors (Lipinski definition) is 1. The summed E-state index contributed by atoms with van der Waals surface area (Å²) in [5.41, 5.74) is 0. The van der Waals surface area contributed by atoms with Gasteiger partial charge < -0.3 is 5.11 Å². The lowest BCUT2D eigenvalue weighted by atomic mass is 9.95. The summed E-state index contributed by atoms with van der Waals surface area (Å²) < 4.78 is 113. The molecule has 128 valence electrons. The van der Waals surface area contributed by atoms with Crippen molar-refractivity contribution < 1.29 is 44.6 Å². The number of rotatable bonds is 8. The minimum Gasteiger partial charge on any atom is -0.387 e. The quantitative estimate of drug-likeness (QED) is 0.500. The van der Waals surface area contributed by atoms with Gasteiger partial charge in [0.05, 0.1) is 0 Å². The Kier molecular flexibility index (Phi) is 6.41. The number of aliphatic hydroxyl groups excluding tert-OH is 1. The van der Waals surface area contributed by atoms with Crippen LogP contribution in [0.1, 0.15) is 39.0 Å². The molecule has 0 saturated carbocycles. The van der Waals surface area contributed by atoms with Crippen LogP contribution < -0.4 is 0 Å². The molecule has 0 aromatic heterocycles. The molecule has 0 fully saturated rings. The third-order valence-electron chi connectivity index (χ3n) is 2.92. The molecule has 0 aliphatic heterocycles. The average molecular weight is 334 g/mol. The normalized spacial score (nSPS) is 16.1. The number of halogens is 9. The van der Waals surface area contributed by atoms with E-state index in [2.05, 4.69) is 0 Å². The monoisotopic (exact) mass is 334 g/mol. The maximum absolute atomic E-state index is 13.2. The van der Waals surface area contributed by atoms with E-state index in [0.29, 0.717) is 12.8 Å². The number of alkyl halides is 9. The SMILES string of the molecule is CCCCCCC(O)C(F)(F)C(F)(F)C(F)(F)C(F)(F)F. The van der Waals surface area contributed by atoms with Crippen molar-refractivity contribution in [1.29, 1.82) is 0 Å². The van der Waals surface area contributed by atoms with E-state index in [-0.39, 0.29) is 12.8 Å². The summed E-state index contributed by atoms with van der Waals surface area (Å²) >= 11 is 0. The predicted molar refractivity (Wildman–Crippen MR) is 55.7 cm³/mol. The molecule has 1 nitrogen and oxygen atoms in total. The Balaban J connectivity index is 5.10.